The summed E-state index contributed by atoms with van der Waals surface area (Å²) in [5.74, 6) is 0.0344. The van der Waals surface area contributed by atoms with Crippen LogP contribution in [-0.4, -0.2) is 20.3 Å². The molecule has 0 aliphatic carbocycles. The van der Waals surface area contributed by atoms with Gasteiger partial charge in [0.2, 0.25) is 5.82 Å². The van der Waals surface area contributed by atoms with E-state index >= 15 is 0 Å². The number of hydrogen-bond acceptors (Lipinski definition) is 5. The molecule has 7 nitrogen and oxygen atoms in total. The highest BCUT2D eigenvalue weighted by Gasteiger charge is 2.24. The number of aromatic nitrogens is 2. The minimum atomic E-state index is -0.685. The molecule has 2 heterocycles. The van der Waals surface area contributed by atoms with Gasteiger partial charge < -0.3 is 5.32 Å². The van der Waals surface area contributed by atoms with E-state index in [1.807, 2.05) is 13.8 Å². The van der Waals surface area contributed by atoms with Crippen LogP contribution in [0, 0.1) is 10.1 Å². The highest BCUT2D eigenvalue weighted by atomic mass is 16.6. The minimum absolute atomic E-state index is 0.0109. The molecule has 0 bridgehead atoms. The van der Waals surface area contributed by atoms with Gasteiger partial charge in [-0.1, -0.05) is 19.4 Å². The van der Waals surface area contributed by atoms with Gasteiger partial charge in [-0.25, -0.2) is 4.98 Å². The highest BCUT2D eigenvalue weighted by Crippen LogP contribution is 2.19. The molecule has 0 unspecified atom stereocenters. The van der Waals surface area contributed by atoms with Crippen LogP contribution < -0.4 is 10.9 Å². The van der Waals surface area contributed by atoms with E-state index in [0.29, 0.717) is 5.65 Å². The summed E-state index contributed by atoms with van der Waals surface area (Å²) >= 11 is 0. The number of nitrogens with zero attached hydrogens (tertiary/aromatic N) is 3. The summed E-state index contributed by atoms with van der Waals surface area (Å²) in [6.45, 7) is 3.93. The maximum absolute atomic E-state index is 12.2. The monoisotopic (exact) mass is 276 g/mol. The van der Waals surface area contributed by atoms with Crippen molar-refractivity contribution in [3.05, 3.63) is 44.9 Å². The molecule has 1 N–H and O–H groups in total. The van der Waals surface area contributed by atoms with Crippen LogP contribution in [0.5, 0.6) is 0 Å². The topological polar surface area (TPSA) is 89.5 Å². The maximum Gasteiger partial charge on any atom is 0.376 e. The average molecular weight is 276 g/mol. The maximum atomic E-state index is 12.2. The van der Waals surface area contributed by atoms with E-state index in [-0.39, 0.29) is 11.9 Å². The van der Waals surface area contributed by atoms with Crippen LogP contribution in [0.15, 0.2) is 29.2 Å². The third-order valence-electron chi connectivity index (χ3n) is 3.00. The molecule has 0 saturated heterocycles. The van der Waals surface area contributed by atoms with Crippen molar-refractivity contribution in [1.29, 1.82) is 0 Å². The Bertz CT molecular complexity index is 696. The first-order valence-corrected chi connectivity index (χ1v) is 6.47. The van der Waals surface area contributed by atoms with E-state index in [1.165, 1.54) is 10.6 Å². The van der Waals surface area contributed by atoms with Gasteiger partial charge in [-0.2, -0.15) is 0 Å². The van der Waals surface area contributed by atoms with Gasteiger partial charge in [-0.15, -0.1) is 0 Å². The summed E-state index contributed by atoms with van der Waals surface area (Å²) in [5, 5.41) is 14.1. The molecular weight excluding hydrogens is 260 g/mol. The molecule has 2 rings (SSSR count). The van der Waals surface area contributed by atoms with Gasteiger partial charge in [0.05, 0.1) is 4.92 Å². The molecule has 0 saturated carbocycles. The molecule has 0 amide bonds. The fraction of sp³-hybridized carbons (Fsp3) is 0.385. The SMILES string of the molecule is CCC[C@H](C)Nc1nc2ccccn2c(=O)c1[N+](=O)[O-]. The van der Waals surface area contributed by atoms with Crippen molar-refractivity contribution < 1.29 is 4.92 Å². The minimum Gasteiger partial charge on any atom is -0.362 e. The lowest BCUT2D eigenvalue weighted by atomic mass is 10.2. The summed E-state index contributed by atoms with van der Waals surface area (Å²) in [6, 6.07) is 5.01. The van der Waals surface area contributed by atoms with Crippen molar-refractivity contribution >= 4 is 17.2 Å². The van der Waals surface area contributed by atoms with E-state index < -0.39 is 16.2 Å². The Hall–Kier alpha value is -2.44. The van der Waals surface area contributed by atoms with Gasteiger partial charge >= 0.3 is 11.2 Å². The van der Waals surface area contributed by atoms with Crippen LogP contribution in [0.1, 0.15) is 26.7 Å². The molecule has 0 fully saturated rings. The van der Waals surface area contributed by atoms with E-state index in [9.17, 15) is 14.9 Å². The Morgan fingerprint density at radius 3 is 2.90 bits per heavy atom. The van der Waals surface area contributed by atoms with Gasteiger partial charge in [0.1, 0.15) is 5.65 Å². The van der Waals surface area contributed by atoms with Crippen LogP contribution in [0.3, 0.4) is 0 Å². The molecule has 0 aromatic carbocycles. The lowest BCUT2D eigenvalue weighted by Gasteiger charge is -2.13. The summed E-state index contributed by atoms with van der Waals surface area (Å²) in [5.41, 5.74) is -0.808. The zero-order valence-corrected chi connectivity index (χ0v) is 11.4. The highest BCUT2D eigenvalue weighted by molar-refractivity contribution is 5.60. The summed E-state index contributed by atoms with van der Waals surface area (Å²) in [7, 11) is 0. The van der Waals surface area contributed by atoms with Crippen molar-refractivity contribution in [2.75, 3.05) is 5.32 Å². The number of nitrogens with one attached hydrogen (secondary N) is 1. The van der Waals surface area contributed by atoms with Crippen molar-refractivity contribution in [3.8, 4) is 0 Å². The Kier molecular flexibility index (Phi) is 3.97. The van der Waals surface area contributed by atoms with E-state index in [2.05, 4.69) is 10.3 Å². The van der Waals surface area contributed by atoms with Crippen molar-refractivity contribution in [2.24, 2.45) is 0 Å². The standard InChI is InChI=1S/C13H16N4O3/c1-3-6-9(2)14-12-11(17(19)20)13(18)16-8-5-4-7-10(16)15-12/h4-5,7-9,14H,3,6H2,1-2H3/t9-/m0/s1. The molecule has 1 atom stereocenters. The molecule has 0 aliphatic rings. The Balaban J connectivity index is 2.60. The first-order valence-electron chi connectivity index (χ1n) is 6.47. The number of pyridine rings is 1. The number of hydrogen-bond donors (Lipinski definition) is 1. The fourth-order valence-electron chi connectivity index (χ4n) is 2.08. The van der Waals surface area contributed by atoms with Crippen LogP contribution in [0.2, 0.25) is 0 Å². The number of anilines is 1. The Morgan fingerprint density at radius 1 is 1.50 bits per heavy atom. The summed E-state index contributed by atoms with van der Waals surface area (Å²) < 4.78 is 1.17. The normalized spacial score (nSPS) is 12.3. The zero-order chi connectivity index (χ0) is 14.7. The molecule has 2 aromatic rings. The Labute approximate surface area is 115 Å². The van der Waals surface area contributed by atoms with Crippen LogP contribution in [-0.2, 0) is 0 Å². The predicted molar refractivity (Wildman–Crippen MR) is 76.1 cm³/mol. The molecule has 0 aliphatic heterocycles. The molecule has 7 heteroatoms. The van der Waals surface area contributed by atoms with Crippen LogP contribution >= 0.6 is 0 Å². The van der Waals surface area contributed by atoms with E-state index in [0.717, 1.165) is 12.8 Å². The van der Waals surface area contributed by atoms with Crippen LogP contribution in [0.4, 0.5) is 11.5 Å². The van der Waals surface area contributed by atoms with Gasteiger partial charge in [0.15, 0.2) is 0 Å². The molecule has 0 radical (unpaired) electrons. The first kappa shape index (κ1) is 14.0. The first-order chi connectivity index (χ1) is 9.54. The number of fused-ring (bicyclic) bond motifs is 1. The smallest absolute Gasteiger partial charge is 0.362 e. The summed E-state index contributed by atoms with van der Waals surface area (Å²) in [6.07, 6.45) is 3.25. The predicted octanol–water partition coefficient (Wildman–Crippen LogP) is 2.20. The van der Waals surface area contributed by atoms with E-state index in [4.69, 9.17) is 0 Å². The zero-order valence-electron chi connectivity index (χ0n) is 11.4. The molecule has 20 heavy (non-hydrogen) atoms. The quantitative estimate of drug-likeness (QED) is 0.668. The van der Waals surface area contributed by atoms with Crippen molar-refractivity contribution in [3.63, 3.8) is 0 Å². The lowest BCUT2D eigenvalue weighted by Crippen LogP contribution is -2.24. The molecule has 106 valence electrons. The second-order valence-electron chi connectivity index (χ2n) is 4.63. The van der Waals surface area contributed by atoms with Gasteiger partial charge in [0, 0.05) is 12.2 Å². The van der Waals surface area contributed by atoms with Crippen LogP contribution in [0.25, 0.3) is 5.65 Å². The number of rotatable bonds is 5. The van der Waals surface area contributed by atoms with Gasteiger partial charge in [-0.3, -0.25) is 19.3 Å². The Morgan fingerprint density at radius 2 is 2.25 bits per heavy atom. The molecule has 2 aromatic heterocycles. The van der Waals surface area contributed by atoms with Gasteiger partial charge in [0.25, 0.3) is 0 Å². The van der Waals surface area contributed by atoms with Gasteiger partial charge in [-0.05, 0) is 25.5 Å². The van der Waals surface area contributed by atoms with E-state index in [1.54, 1.807) is 18.2 Å². The third-order valence-corrected chi connectivity index (χ3v) is 3.00. The second-order valence-corrected chi connectivity index (χ2v) is 4.63. The largest absolute Gasteiger partial charge is 0.376 e. The lowest BCUT2D eigenvalue weighted by molar-refractivity contribution is -0.385. The third kappa shape index (κ3) is 2.61. The van der Waals surface area contributed by atoms with Crippen molar-refractivity contribution in [2.45, 2.75) is 32.7 Å². The summed E-state index contributed by atoms with van der Waals surface area (Å²) in [4.78, 5) is 26.8. The number of nitro groups is 1. The average Bonchev–Trinajstić information content (AvgIpc) is 2.38. The molecule has 0 spiro atoms. The second kappa shape index (κ2) is 5.68. The van der Waals surface area contributed by atoms with Crippen molar-refractivity contribution in [1.82, 2.24) is 9.38 Å². The molecular formula is C13H16N4O3. The fourth-order valence-corrected chi connectivity index (χ4v) is 2.08.